The maximum atomic E-state index is 9.10. The van der Waals surface area contributed by atoms with Gasteiger partial charge in [0.2, 0.25) is 5.95 Å². The molecule has 8 nitrogen and oxygen atoms in total. The van der Waals surface area contributed by atoms with Crippen LogP contribution < -0.4 is 10.1 Å². The van der Waals surface area contributed by atoms with Crippen LogP contribution in [0.5, 0.6) is 5.75 Å². The molecule has 0 amide bonds. The first kappa shape index (κ1) is 16.9. The standard InChI is InChI=1S/C12H13N3O.C2H2O4/c1-16-11-6-3-2-5-10(11)9-15-12-13-7-4-8-14-12;3-1(4)2(5)6/h2-8H,9H2,1H3,(H,13,14,15);(H,3,4)(H,5,6). The van der Waals surface area contributed by atoms with Gasteiger partial charge in [-0.15, -0.1) is 0 Å². The quantitative estimate of drug-likeness (QED) is 0.721. The molecule has 0 saturated heterocycles. The summed E-state index contributed by atoms with van der Waals surface area (Å²) in [4.78, 5) is 26.4. The lowest BCUT2D eigenvalue weighted by Gasteiger charge is -2.08. The number of ether oxygens (including phenoxy) is 1. The third-order valence-electron chi connectivity index (χ3n) is 2.38. The molecule has 0 spiro atoms. The Bertz CT molecular complexity index is 607. The summed E-state index contributed by atoms with van der Waals surface area (Å²) < 4.78 is 5.25. The van der Waals surface area contributed by atoms with Gasteiger partial charge in [-0.05, 0) is 12.1 Å². The highest BCUT2D eigenvalue weighted by molar-refractivity contribution is 6.27. The molecule has 8 heteroatoms. The number of carbonyl (C=O) groups is 2. The van der Waals surface area contributed by atoms with Crippen LogP contribution in [-0.4, -0.2) is 39.2 Å². The summed E-state index contributed by atoms with van der Waals surface area (Å²) in [7, 11) is 1.66. The van der Waals surface area contributed by atoms with Crippen molar-refractivity contribution in [3.05, 3.63) is 48.3 Å². The fraction of sp³-hybridized carbons (Fsp3) is 0.143. The lowest BCUT2D eigenvalue weighted by atomic mass is 10.2. The van der Waals surface area contributed by atoms with E-state index in [0.29, 0.717) is 12.5 Å². The van der Waals surface area contributed by atoms with E-state index in [1.54, 1.807) is 25.6 Å². The maximum absolute atomic E-state index is 9.10. The lowest BCUT2D eigenvalue weighted by Crippen LogP contribution is -2.09. The van der Waals surface area contributed by atoms with Crippen LogP contribution in [0.25, 0.3) is 0 Å². The lowest BCUT2D eigenvalue weighted by molar-refractivity contribution is -0.159. The highest BCUT2D eigenvalue weighted by Crippen LogP contribution is 2.17. The Kier molecular flexibility index (Phi) is 6.84. The van der Waals surface area contributed by atoms with Gasteiger partial charge in [-0.3, -0.25) is 0 Å². The SMILES string of the molecule is COc1ccccc1CNc1ncccn1.O=C(O)C(=O)O. The van der Waals surface area contributed by atoms with E-state index in [2.05, 4.69) is 15.3 Å². The number of nitrogens with zero attached hydrogens (tertiary/aromatic N) is 2. The average Bonchev–Trinajstić information content (AvgIpc) is 2.54. The van der Waals surface area contributed by atoms with Gasteiger partial charge in [0.15, 0.2) is 0 Å². The van der Waals surface area contributed by atoms with E-state index in [0.717, 1.165) is 11.3 Å². The number of hydrogen-bond donors (Lipinski definition) is 3. The molecule has 0 fully saturated rings. The van der Waals surface area contributed by atoms with E-state index in [1.165, 1.54) is 0 Å². The summed E-state index contributed by atoms with van der Waals surface area (Å²) in [5.74, 6) is -2.16. The molecule has 116 valence electrons. The number of nitrogens with one attached hydrogen (secondary N) is 1. The molecule has 0 unspecified atom stereocenters. The summed E-state index contributed by atoms with van der Waals surface area (Å²) in [6.45, 7) is 0.647. The van der Waals surface area contributed by atoms with Gasteiger partial charge in [0.05, 0.1) is 7.11 Å². The zero-order valence-corrected chi connectivity index (χ0v) is 11.8. The van der Waals surface area contributed by atoms with Crippen molar-refractivity contribution in [3.8, 4) is 5.75 Å². The number of carboxylic acid groups (broad SMARTS) is 2. The number of aliphatic carboxylic acids is 2. The minimum atomic E-state index is -1.82. The molecule has 22 heavy (non-hydrogen) atoms. The van der Waals surface area contributed by atoms with Gasteiger partial charge in [0, 0.05) is 24.5 Å². The number of benzene rings is 1. The van der Waals surface area contributed by atoms with Crippen LogP contribution in [0.3, 0.4) is 0 Å². The number of anilines is 1. The molecule has 0 aliphatic heterocycles. The largest absolute Gasteiger partial charge is 0.496 e. The van der Waals surface area contributed by atoms with Gasteiger partial charge in [-0.1, -0.05) is 18.2 Å². The van der Waals surface area contributed by atoms with Crippen molar-refractivity contribution in [2.45, 2.75) is 6.54 Å². The van der Waals surface area contributed by atoms with Crippen LogP contribution in [-0.2, 0) is 16.1 Å². The number of methoxy groups -OCH3 is 1. The first-order chi connectivity index (χ1) is 10.5. The van der Waals surface area contributed by atoms with Gasteiger partial charge in [0.25, 0.3) is 0 Å². The monoisotopic (exact) mass is 305 g/mol. The zero-order valence-electron chi connectivity index (χ0n) is 11.8. The smallest absolute Gasteiger partial charge is 0.414 e. The topological polar surface area (TPSA) is 122 Å². The van der Waals surface area contributed by atoms with Gasteiger partial charge in [-0.2, -0.15) is 0 Å². The number of aromatic nitrogens is 2. The second kappa shape index (κ2) is 8.90. The van der Waals surface area contributed by atoms with Crippen molar-refractivity contribution in [1.82, 2.24) is 9.97 Å². The Morgan fingerprint density at radius 3 is 2.23 bits per heavy atom. The minimum Gasteiger partial charge on any atom is -0.496 e. The molecule has 0 radical (unpaired) electrons. The number of para-hydroxylation sites is 1. The molecule has 0 saturated carbocycles. The first-order valence-electron chi connectivity index (χ1n) is 6.13. The maximum Gasteiger partial charge on any atom is 0.414 e. The number of hydrogen-bond acceptors (Lipinski definition) is 6. The van der Waals surface area contributed by atoms with Crippen molar-refractivity contribution in [2.75, 3.05) is 12.4 Å². The molecular weight excluding hydrogens is 290 g/mol. The van der Waals surface area contributed by atoms with Crippen LogP contribution in [0, 0.1) is 0 Å². The third-order valence-corrected chi connectivity index (χ3v) is 2.38. The molecule has 1 heterocycles. The molecule has 0 aliphatic carbocycles. The summed E-state index contributed by atoms with van der Waals surface area (Å²) in [6, 6.07) is 9.65. The highest BCUT2D eigenvalue weighted by atomic mass is 16.5. The minimum absolute atomic E-state index is 0.619. The average molecular weight is 305 g/mol. The summed E-state index contributed by atoms with van der Waals surface area (Å²) in [5, 5.41) is 17.9. The second-order valence-corrected chi connectivity index (χ2v) is 3.85. The molecular formula is C14H15N3O5. The van der Waals surface area contributed by atoms with Crippen molar-refractivity contribution in [1.29, 1.82) is 0 Å². The zero-order chi connectivity index (χ0) is 16.4. The molecule has 0 atom stereocenters. The van der Waals surface area contributed by atoms with Gasteiger partial charge < -0.3 is 20.3 Å². The van der Waals surface area contributed by atoms with Crippen LogP contribution in [0.4, 0.5) is 5.95 Å². The molecule has 3 N–H and O–H groups in total. The Morgan fingerprint density at radius 1 is 1.09 bits per heavy atom. The Hall–Kier alpha value is -3.16. The molecule has 0 bridgehead atoms. The fourth-order valence-corrected chi connectivity index (χ4v) is 1.41. The normalized spacial score (nSPS) is 9.14. The predicted octanol–water partition coefficient (Wildman–Crippen LogP) is 1.25. The van der Waals surface area contributed by atoms with Crippen molar-refractivity contribution < 1.29 is 24.5 Å². The van der Waals surface area contributed by atoms with Crippen LogP contribution in [0.15, 0.2) is 42.7 Å². The van der Waals surface area contributed by atoms with Crippen molar-refractivity contribution >= 4 is 17.9 Å². The van der Waals surface area contributed by atoms with E-state index < -0.39 is 11.9 Å². The third kappa shape index (κ3) is 5.87. The van der Waals surface area contributed by atoms with Crippen LogP contribution >= 0.6 is 0 Å². The summed E-state index contributed by atoms with van der Waals surface area (Å²) >= 11 is 0. The number of carboxylic acids is 2. The van der Waals surface area contributed by atoms with E-state index >= 15 is 0 Å². The molecule has 0 aliphatic rings. The van der Waals surface area contributed by atoms with Crippen LogP contribution in [0.2, 0.25) is 0 Å². The van der Waals surface area contributed by atoms with Crippen LogP contribution in [0.1, 0.15) is 5.56 Å². The van der Waals surface area contributed by atoms with E-state index in [9.17, 15) is 0 Å². The van der Waals surface area contributed by atoms with E-state index in [1.807, 2.05) is 24.3 Å². The summed E-state index contributed by atoms with van der Waals surface area (Å²) in [5.41, 5.74) is 1.08. The van der Waals surface area contributed by atoms with E-state index in [4.69, 9.17) is 24.5 Å². The molecule has 1 aromatic carbocycles. The molecule has 1 aromatic heterocycles. The van der Waals surface area contributed by atoms with E-state index in [-0.39, 0.29) is 0 Å². The predicted molar refractivity (Wildman–Crippen MR) is 77.6 cm³/mol. The van der Waals surface area contributed by atoms with Gasteiger partial charge in [0.1, 0.15) is 5.75 Å². The second-order valence-electron chi connectivity index (χ2n) is 3.85. The number of rotatable bonds is 4. The Labute approximate surface area is 126 Å². The van der Waals surface area contributed by atoms with Gasteiger partial charge in [-0.25, -0.2) is 19.6 Å². The molecule has 2 aromatic rings. The Balaban J connectivity index is 0.000000346. The van der Waals surface area contributed by atoms with Crippen molar-refractivity contribution in [3.63, 3.8) is 0 Å². The Morgan fingerprint density at radius 2 is 1.68 bits per heavy atom. The summed E-state index contributed by atoms with van der Waals surface area (Å²) in [6.07, 6.45) is 3.41. The highest BCUT2D eigenvalue weighted by Gasteiger charge is 2.04. The molecule has 2 rings (SSSR count). The fourth-order valence-electron chi connectivity index (χ4n) is 1.41. The van der Waals surface area contributed by atoms with Gasteiger partial charge >= 0.3 is 11.9 Å². The van der Waals surface area contributed by atoms with Crippen molar-refractivity contribution in [2.24, 2.45) is 0 Å². The first-order valence-corrected chi connectivity index (χ1v) is 6.13.